The molecule has 34 heavy (non-hydrogen) atoms. The summed E-state index contributed by atoms with van der Waals surface area (Å²) >= 11 is 1.47. The number of hydrogen-bond acceptors (Lipinski definition) is 5. The van der Waals surface area contributed by atoms with Gasteiger partial charge < -0.3 is 10.2 Å². The topological polar surface area (TPSA) is 74.7 Å². The van der Waals surface area contributed by atoms with E-state index in [0.717, 1.165) is 65.7 Å². The van der Waals surface area contributed by atoms with Gasteiger partial charge in [-0.25, -0.2) is 9.38 Å². The van der Waals surface area contributed by atoms with Crippen molar-refractivity contribution in [2.45, 2.75) is 38.5 Å². The minimum atomic E-state index is -0.197. The summed E-state index contributed by atoms with van der Waals surface area (Å²) < 4.78 is 14.5. The summed E-state index contributed by atoms with van der Waals surface area (Å²) in [6, 6.07) is 3.84. The van der Waals surface area contributed by atoms with Crippen molar-refractivity contribution in [3.05, 3.63) is 64.7 Å². The van der Waals surface area contributed by atoms with Gasteiger partial charge in [0.1, 0.15) is 11.5 Å². The lowest BCUT2D eigenvalue weighted by atomic mass is 9.91. The number of piperidine rings is 1. The van der Waals surface area contributed by atoms with Gasteiger partial charge in [-0.15, -0.1) is 11.3 Å². The quantitative estimate of drug-likeness (QED) is 0.572. The third-order valence-corrected chi connectivity index (χ3v) is 7.74. The van der Waals surface area contributed by atoms with Crippen molar-refractivity contribution >= 4 is 38.9 Å². The second-order valence-electron chi connectivity index (χ2n) is 9.02. The highest BCUT2D eigenvalue weighted by Crippen LogP contribution is 2.31. The summed E-state index contributed by atoms with van der Waals surface area (Å²) in [4.78, 5) is 36.3. The molecule has 4 heterocycles. The first-order valence-electron chi connectivity index (χ1n) is 11.8. The van der Waals surface area contributed by atoms with Gasteiger partial charge >= 0.3 is 0 Å². The molecule has 0 bridgehead atoms. The first-order valence-corrected chi connectivity index (χ1v) is 12.7. The fraction of sp³-hybridized carbons (Fsp3) is 0.385. The number of fused-ring (bicyclic) bond motifs is 2. The smallest absolute Gasteiger partial charge is 0.272 e. The number of pyridine rings is 1. The van der Waals surface area contributed by atoms with Gasteiger partial charge in [0.25, 0.3) is 11.8 Å². The van der Waals surface area contributed by atoms with Crippen LogP contribution in [0.4, 0.5) is 4.39 Å². The summed E-state index contributed by atoms with van der Waals surface area (Å²) in [5.74, 6) is 0.326. The number of nitrogens with one attached hydrogen (secondary N) is 1. The largest absolute Gasteiger partial charge is 0.351 e. The van der Waals surface area contributed by atoms with Crippen molar-refractivity contribution in [2.75, 3.05) is 19.6 Å². The lowest BCUT2D eigenvalue weighted by molar-refractivity contribution is -0.125. The van der Waals surface area contributed by atoms with E-state index in [2.05, 4.69) is 15.3 Å². The predicted octanol–water partition coefficient (Wildman–Crippen LogP) is 4.96. The molecule has 0 spiro atoms. The van der Waals surface area contributed by atoms with Crippen LogP contribution in [0, 0.1) is 5.92 Å². The molecule has 3 aliphatic rings. The molecule has 1 saturated heterocycles. The van der Waals surface area contributed by atoms with E-state index in [0.29, 0.717) is 23.9 Å². The van der Waals surface area contributed by atoms with Crippen molar-refractivity contribution in [1.29, 1.82) is 0 Å². The van der Waals surface area contributed by atoms with Crippen LogP contribution in [-0.2, 0) is 4.79 Å². The molecule has 176 valence electrons. The van der Waals surface area contributed by atoms with Crippen LogP contribution in [0.3, 0.4) is 0 Å². The molecule has 2 aromatic rings. The van der Waals surface area contributed by atoms with E-state index in [9.17, 15) is 14.0 Å². The highest BCUT2D eigenvalue weighted by Gasteiger charge is 2.28. The summed E-state index contributed by atoms with van der Waals surface area (Å²) in [5, 5.41) is 4.07. The molecular weight excluding hydrogens is 451 g/mol. The van der Waals surface area contributed by atoms with Crippen molar-refractivity contribution in [2.24, 2.45) is 10.9 Å². The number of rotatable bonds is 7. The van der Waals surface area contributed by atoms with Crippen LogP contribution in [0.1, 0.15) is 48.2 Å². The zero-order valence-electron chi connectivity index (χ0n) is 18.9. The maximum atomic E-state index is 13.5. The normalized spacial score (nSPS) is 18.2. The fourth-order valence-electron chi connectivity index (χ4n) is 4.71. The molecule has 0 atom stereocenters. The van der Waals surface area contributed by atoms with Gasteiger partial charge in [0.05, 0.1) is 15.3 Å². The van der Waals surface area contributed by atoms with E-state index in [1.807, 2.05) is 17.0 Å². The Morgan fingerprint density at radius 1 is 1.21 bits per heavy atom. The standard InChI is InChI=1S/C26H27FN4O2S/c27-20-4-5-21-19(13-20)14-22(30-21)26(33)31-11-7-17(8-12-31)3-1-2-9-29-25(32)23-15-18-6-10-28-16-24(18)34-23/h4-6,10,14-17H,1-3,7-9,11-13H2,(H,29,32). The van der Waals surface area contributed by atoms with E-state index in [1.54, 1.807) is 24.5 Å². The lowest BCUT2D eigenvalue weighted by Crippen LogP contribution is -2.41. The maximum absolute atomic E-state index is 13.5. The molecule has 1 N–H and O–H groups in total. The molecule has 0 aromatic carbocycles. The van der Waals surface area contributed by atoms with Crippen LogP contribution >= 0.6 is 11.3 Å². The van der Waals surface area contributed by atoms with Crippen LogP contribution in [0.15, 0.2) is 64.8 Å². The van der Waals surface area contributed by atoms with Gasteiger partial charge in [0.2, 0.25) is 0 Å². The molecule has 2 aliphatic heterocycles. The lowest BCUT2D eigenvalue weighted by Gasteiger charge is -2.31. The van der Waals surface area contributed by atoms with E-state index in [-0.39, 0.29) is 24.1 Å². The summed E-state index contributed by atoms with van der Waals surface area (Å²) in [6.45, 7) is 2.13. The first-order chi connectivity index (χ1) is 16.6. The number of halogens is 1. The Morgan fingerprint density at radius 2 is 2.06 bits per heavy atom. The summed E-state index contributed by atoms with van der Waals surface area (Å²) in [6.07, 6.45) is 13.6. The number of aliphatic imine (C=N–C) groups is 1. The minimum Gasteiger partial charge on any atom is -0.351 e. The summed E-state index contributed by atoms with van der Waals surface area (Å²) in [7, 11) is 0. The second kappa shape index (κ2) is 10.0. The van der Waals surface area contributed by atoms with Gasteiger partial charge in [0.15, 0.2) is 0 Å². The Morgan fingerprint density at radius 3 is 2.88 bits per heavy atom. The summed E-state index contributed by atoms with van der Waals surface area (Å²) in [5.41, 5.74) is 1.92. The third kappa shape index (κ3) is 5.01. The fourth-order valence-corrected chi connectivity index (χ4v) is 5.65. The van der Waals surface area contributed by atoms with Crippen molar-refractivity contribution in [3.63, 3.8) is 0 Å². The molecule has 2 aromatic heterocycles. The molecular formula is C26H27FN4O2S. The number of hydrogen-bond donors (Lipinski definition) is 1. The van der Waals surface area contributed by atoms with Crippen LogP contribution < -0.4 is 5.32 Å². The van der Waals surface area contributed by atoms with Crippen molar-refractivity contribution in [3.8, 4) is 0 Å². The van der Waals surface area contributed by atoms with Gasteiger partial charge in [-0.1, -0.05) is 12.8 Å². The average molecular weight is 479 g/mol. The molecule has 5 rings (SSSR count). The number of allylic oxidation sites excluding steroid dienone is 4. The Labute approximate surface area is 202 Å². The maximum Gasteiger partial charge on any atom is 0.272 e. The second-order valence-corrected chi connectivity index (χ2v) is 10.1. The number of carbonyl (C=O) groups is 2. The number of thiophene rings is 1. The van der Waals surface area contributed by atoms with Gasteiger partial charge in [-0.2, -0.15) is 0 Å². The van der Waals surface area contributed by atoms with E-state index < -0.39 is 0 Å². The predicted molar refractivity (Wildman–Crippen MR) is 133 cm³/mol. The number of likely N-dealkylation sites (tertiary alicyclic amines) is 1. The average Bonchev–Trinajstić information content (AvgIpc) is 3.47. The molecule has 1 aliphatic carbocycles. The molecule has 1 fully saturated rings. The van der Waals surface area contributed by atoms with E-state index in [4.69, 9.17) is 0 Å². The van der Waals surface area contributed by atoms with Crippen LogP contribution in [0.5, 0.6) is 0 Å². The Kier molecular flexibility index (Phi) is 6.67. The Bertz CT molecular complexity index is 1200. The Hall–Kier alpha value is -3.13. The zero-order chi connectivity index (χ0) is 23.5. The molecule has 8 heteroatoms. The number of nitrogens with zero attached hydrogens (tertiary/aromatic N) is 3. The van der Waals surface area contributed by atoms with E-state index in [1.165, 1.54) is 17.4 Å². The zero-order valence-corrected chi connectivity index (χ0v) is 19.7. The van der Waals surface area contributed by atoms with Crippen molar-refractivity contribution < 1.29 is 14.0 Å². The molecule has 6 nitrogen and oxygen atoms in total. The van der Waals surface area contributed by atoms with Gasteiger partial charge in [0, 0.05) is 38.4 Å². The van der Waals surface area contributed by atoms with E-state index >= 15 is 0 Å². The molecule has 0 radical (unpaired) electrons. The first kappa shape index (κ1) is 22.7. The number of unbranched alkanes of at least 4 members (excludes halogenated alkanes) is 1. The minimum absolute atomic E-state index is 0.0214. The third-order valence-electron chi connectivity index (χ3n) is 6.65. The van der Waals surface area contributed by atoms with Gasteiger partial charge in [-0.3, -0.25) is 14.6 Å². The molecule has 2 amide bonds. The molecule has 0 unspecified atom stereocenters. The molecule has 0 saturated carbocycles. The van der Waals surface area contributed by atoms with Crippen LogP contribution in [0.2, 0.25) is 0 Å². The Balaban J connectivity index is 1.00. The van der Waals surface area contributed by atoms with Gasteiger partial charge in [-0.05, 0) is 66.5 Å². The number of aromatic nitrogens is 1. The number of carbonyl (C=O) groups excluding carboxylic acids is 2. The van der Waals surface area contributed by atoms with Crippen molar-refractivity contribution in [1.82, 2.24) is 15.2 Å². The highest BCUT2D eigenvalue weighted by atomic mass is 32.1. The SMILES string of the molecule is O=C(NCCCCC1CCN(C(=O)C2=NC3=CC=C(F)CC3=C2)CC1)c1cc2ccncc2s1. The number of amides is 2. The van der Waals surface area contributed by atoms with Crippen LogP contribution in [0.25, 0.3) is 10.1 Å². The highest BCUT2D eigenvalue weighted by molar-refractivity contribution is 7.20. The van der Waals surface area contributed by atoms with Crippen LogP contribution in [-0.4, -0.2) is 47.0 Å². The monoisotopic (exact) mass is 478 g/mol.